The summed E-state index contributed by atoms with van der Waals surface area (Å²) in [6, 6.07) is 9.12. The summed E-state index contributed by atoms with van der Waals surface area (Å²) in [5.74, 6) is 0. The van der Waals surface area contributed by atoms with Crippen LogP contribution in [0, 0.1) is 19.9 Å². The molecule has 0 aliphatic heterocycles. The molecule has 10 heavy (non-hydrogen) atoms. The minimum Gasteiger partial charge on any atom is -1.00 e. The zero-order valence-electron chi connectivity index (χ0n) is 6.32. The Labute approximate surface area is 95.6 Å². The molecular formula is C8H9IMg. The Morgan fingerprint density at radius 1 is 1.10 bits per heavy atom. The van der Waals surface area contributed by atoms with Crippen molar-refractivity contribution in [2.45, 2.75) is 13.8 Å². The van der Waals surface area contributed by atoms with Crippen LogP contribution >= 0.6 is 0 Å². The van der Waals surface area contributed by atoms with Crippen molar-refractivity contribution in [3.8, 4) is 0 Å². The van der Waals surface area contributed by atoms with Crippen LogP contribution in [-0.4, -0.2) is 23.1 Å². The van der Waals surface area contributed by atoms with Crippen LogP contribution in [0.2, 0.25) is 0 Å². The summed E-state index contributed by atoms with van der Waals surface area (Å²) >= 11 is 0. The molecule has 0 fully saturated rings. The Bertz CT molecular complexity index is 169. The zero-order valence-corrected chi connectivity index (χ0v) is 9.89. The molecule has 0 spiro atoms. The Kier molecular flexibility index (Phi) is 8.56. The standard InChI is InChI=1S/C8H9.HI.Mg/c1-7-4-3-5-8(2)6-7;;/h4-6H,1-2H3;1H;/q-1;;+2/p-1. The summed E-state index contributed by atoms with van der Waals surface area (Å²) in [6.07, 6.45) is 0. The predicted octanol–water partition coefficient (Wildman–Crippen LogP) is -1.27. The fourth-order valence-electron chi connectivity index (χ4n) is 0.747. The van der Waals surface area contributed by atoms with Crippen molar-refractivity contribution in [3.63, 3.8) is 0 Å². The molecule has 2 heteroatoms. The van der Waals surface area contributed by atoms with E-state index in [0.717, 1.165) is 0 Å². The van der Waals surface area contributed by atoms with E-state index in [4.69, 9.17) is 0 Å². The molecule has 0 saturated heterocycles. The van der Waals surface area contributed by atoms with E-state index >= 15 is 0 Å². The van der Waals surface area contributed by atoms with Gasteiger partial charge in [0.15, 0.2) is 0 Å². The van der Waals surface area contributed by atoms with Crippen LogP contribution in [-0.2, 0) is 0 Å². The van der Waals surface area contributed by atoms with Crippen LogP contribution in [0.25, 0.3) is 0 Å². The SMILES string of the molecule is Cc1c[c-]cc(C)c1.[I-].[Mg+2]. The van der Waals surface area contributed by atoms with Crippen LogP contribution in [0.1, 0.15) is 11.1 Å². The first kappa shape index (κ1) is 13.3. The number of hydrogen-bond donors (Lipinski definition) is 0. The van der Waals surface area contributed by atoms with Gasteiger partial charge in [0, 0.05) is 0 Å². The molecule has 0 saturated carbocycles. The summed E-state index contributed by atoms with van der Waals surface area (Å²) in [5.41, 5.74) is 2.56. The second kappa shape index (κ2) is 6.43. The van der Waals surface area contributed by atoms with E-state index in [1.807, 2.05) is 12.1 Å². The van der Waals surface area contributed by atoms with Gasteiger partial charge in [-0.1, -0.05) is 13.8 Å². The van der Waals surface area contributed by atoms with E-state index in [1.54, 1.807) is 0 Å². The second-order valence-electron chi connectivity index (χ2n) is 2.09. The maximum Gasteiger partial charge on any atom is 2.00 e. The van der Waals surface area contributed by atoms with Crippen molar-refractivity contribution >= 4 is 23.1 Å². The summed E-state index contributed by atoms with van der Waals surface area (Å²) in [7, 11) is 0. The van der Waals surface area contributed by atoms with Crippen molar-refractivity contribution in [1.29, 1.82) is 0 Å². The molecule has 0 aliphatic rings. The average molecular weight is 256 g/mol. The monoisotopic (exact) mass is 256 g/mol. The van der Waals surface area contributed by atoms with Crippen molar-refractivity contribution in [3.05, 3.63) is 35.4 Å². The number of hydrogen-bond acceptors (Lipinski definition) is 0. The Morgan fingerprint density at radius 3 is 1.70 bits per heavy atom. The molecule has 0 aromatic heterocycles. The van der Waals surface area contributed by atoms with Crippen LogP contribution in [0.5, 0.6) is 0 Å². The van der Waals surface area contributed by atoms with Crippen LogP contribution in [0.3, 0.4) is 0 Å². The number of aryl methyl sites for hydroxylation is 2. The third-order valence-corrected chi connectivity index (χ3v) is 1.08. The molecule has 0 nitrogen and oxygen atoms in total. The van der Waals surface area contributed by atoms with E-state index in [9.17, 15) is 0 Å². The molecule has 0 bridgehead atoms. The molecule has 1 aromatic rings. The van der Waals surface area contributed by atoms with Crippen LogP contribution in [0.15, 0.2) is 18.2 Å². The number of rotatable bonds is 0. The van der Waals surface area contributed by atoms with E-state index in [0.29, 0.717) is 0 Å². The van der Waals surface area contributed by atoms with Crippen LogP contribution < -0.4 is 24.0 Å². The quantitative estimate of drug-likeness (QED) is 0.308. The van der Waals surface area contributed by atoms with Gasteiger partial charge in [0.2, 0.25) is 0 Å². The fourth-order valence-corrected chi connectivity index (χ4v) is 0.747. The molecule has 0 radical (unpaired) electrons. The van der Waals surface area contributed by atoms with Gasteiger partial charge in [0.1, 0.15) is 0 Å². The summed E-state index contributed by atoms with van der Waals surface area (Å²) in [5, 5.41) is 0. The number of halogens is 1. The Balaban J connectivity index is 0. The van der Waals surface area contributed by atoms with E-state index in [1.165, 1.54) is 11.1 Å². The van der Waals surface area contributed by atoms with Gasteiger partial charge in [-0.2, -0.15) is 35.4 Å². The normalized spacial score (nSPS) is 7.40. The summed E-state index contributed by atoms with van der Waals surface area (Å²) in [4.78, 5) is 0. The van der Waals surface area contributed by atoms with Crippen molar-refractivity contribution in [2.75, 3.05) is 0 Å². The van der Waals surface area contributed by atoms with Gasteiger partial charge in [-0.05, 0) is 0 Å². The van der Waals surface area contributed by atoms with Crippen molar-refractivity contribution < 1.29 is 24.0 Å². The topological polar surface area (TPSA) is 0 Å². The van der Waals surface area contributed by atoms with Gasteiger partial charge < -0.3 is 24.0 Å². The molecule has 0 atom stereocenters. The molecule has 0 heterocycles. The fraction of sp³-hybridized carbons (Fsp3) is 0.250. The molecule has 0 aliphatic carbocycles. The zero-order chi connectivity index (χ0) is 5.98. The molecule has 1 aromatic carbocycles. The minimum absolute atomic E-state index is 0. The van der Waals surface area contributed by atoms with Gasteiger partial charge in [-0.25, -0.2) is 0 Å². The molecular weight excluding hydrogens is 247 g/mol. The van der Waals surface area contributed by atoms with E-state index in [2.05, 4.69) is 26.0 Å². The van der Waals surface area contributed by atoms with Gasteiger partial charge in [-0.15, -0.1) is 0 Å². The van der Waals surface area contributed by atoms with Gasteiger partial charge >= 0.3 is 23.1 Å². The van der Waals surface area contributed by atoms with Crippen molar-refractivity contribution in [1.82, 2.24) is 0 Å². The van der Waals surface area contributed by atoms with Crippen molar-refractivity contribution in [2.24, 2.45) is 0 Å². The van der Waals surface area contributed by atoms with Gasteiger partial charge in [-0.3, -0.25) is 0 Å². The molecule has 0 unspecified atom stereocenters. The average Bonchev–Trinajstić information content (AvgIpc) is 1.64. The van der Waals surface area contributed by atoms with E-state index < -0.39 is 0 Å². The second-order valence-corrected chi connectivity index (χ2v) is 2.09. The minimum atomic E-state index is 0. The van der Waals surface area contributed by atoms with Gasteiger partial charge in [0.25, 0.3) is 0 Å². The first-order chi connectivity index (χ1) is 3.79. The third kappa shape index (κ3) is 4.52. The van der Waals surface area contributed by atoms with Gasteiger partial charge in [0.05, 0.1) is 0 Å². The molecule has 50 valence electrons. The maximum atomic E-state index is 3.03. The predicted molar refractivity (Wildman–Crippen MR) is 40.5 cm³/mol. The molecule has 0 amide bonds. The first-order valence-corrected chi connectivity index (χ1v) is 2.73. The molecule has 0 N–H and O–H groups in total. The Hall–Kier alpha value is 0.716. The molecule has 1 rings (SSSR count). The maximum absolute atomic E-state index is 3.03. The first-order valence-electron chi connectivity index (χ1n) is 2.73. The largest absolute Gasteiger partial charge is 2.00 e. The number of benzene rings is 1. The smallest absolute Gasteiger partial charge is 1.00 e. The third-order valence-electron chi connectivity index (χ3n) is 1.08. The van der Waals surface area contributed by atoms with E-state index in [-0.39, 0.29) is 47.0 Å². The summed E-state index contributed by atoms with van der Waals surface area (Å²) < 4.78 is 0. The van der Waals surface area contributed by atoms with Crippen LogP contribution in [0.4, 0.5) is 0 Å². The summed E-state index contributed by atoms with van der Waals surface area (Å²) in [6.45, 7) is 4.15. The Morgan fingerprint density at radius 2 is 1.50 bits per heavy atom.